The van der Waals surface area contributed by atoms with Crippen molar-refractivity contribution in [2.75, 3.05) is 44.3 Å². The molecule has 0 unspecified atom stereocenters. The molecule has 0 bridgehead atoms. The van der Waals surface area contributed by atoms with E-state index in [4.69, 9.17) is 19.8 Å². The van der Waals surface area contributed by atoms with Crippen LogP contribution in [0.4, 0.5) is 5.69 Å². The summed E-state index contributed by atoms with van der Waals surface area (Å²) in [7, 11) is -1.20. The number of benzene rings is 1. The van der Waals surface area contributed by atoms with Crippen LogP contribution >= 0.6 is 0 Å². The quantitative estimate of drug-likeness (QED) is 0.241. The lowest BCUT2D eigenvalue weighted by Crippen LogP contribution is -2.49. The van der Waals surface area contributed by atoms with Crippen LogP contribution in [0.15, 0.2) is 36.7 Å². The summed E-state index contributed by atoms with van der Waals surface area (Å²) in [6.07, 6.45) is 3.58. The van der Waals surface area contributed by atoms with Crippen molar-refractivity contribution in [1.82, 2.24) is 19.4 Å². The van der Waals surface area contributed by atoms with E-state index in [1.54, 1.807) is 11.1 Å². The zero-order valence-electron chi connectivity index (χ0n) is 24.0. The molecule has 9 nitrogen and oxygen atoms in total. The number of aliphatic hydroxyl groups is 1. The van der Waals surface area contributed by atoms with E-state index >= 15 is 0 Å². The number of nitrogens with zero attached hydrogens (tertiary/aromatic N) is 5. The number of rotatable bonds is 9. The SMILES string of the molecule is CC(C)(C)C(=O)c1cn(COCC[Si](C)(C)C)c2ncc(-c3ccc(N4CCN(C(=O)CO)CC4)cc3)nc12. The van der Waals surface area contributed by atoms with Crippen molar-refractivity contribution in [1.29, 1.82) is 0 Å². The molecule has 1 amide bonds. The Bertz CT molecular complexity index is 1320. The summed E-state index contributed by atoms with van der Waals surface area (Å²) in [4.78, 5) is 38.6. The Morgan fingerprint density at radius 3 is 2.31 bits per heavy atom. The normalized spacial score (nSPS) is 14.7. The zero-order valence-corrected chi connectivity index (χ0v) is 25.0. The lowest BCUT2D eigenvalue weighted by molar-refractivity contribution is -0.134. The summed E-state index contributed by atoms with van der Waals surface area (Å²) >= 11 is 0. The number of carbonyl (C=O) groups is 2. The highest BCUT2D eigenvalue weighted by Gasteiger charge is 2.28. The second-order valence-electron chi connectivity index (χ2n) is 12.4. The average molecular weight is 552 g/mol. The third kappa shape index (κ3) is 6.92. The van der Waals surface area contributed by atoms with E-state index in [0.717, 1.165) is 17.3 Å². The summed E-state index contributed by atoms with van der Waals surface area (Å²) in [5.41, 5.74) is 3.93. The fraction of sp³-hybridized carbons (Fsp3) is 0.517. The Morgan fingerprint density at radius 2 is 1.72 bits per heavy atom. The molecule has 1 aliphatic rings. The Kier molecular flexibility index (Phi) is 8.58. The summed E-state index contributed by atoms with van der Waals surface area (Å²) < 4.78 is 7.86. The molecule has 1 aromatic carbocycles. The Hall–Kier alpha value is -3.08. The van der Waals surface area contributed by atoms with Crippen LogP contribution in [0.3, 0.4) is 0 Å². The highest BCUT2D eigenvalue weighted by Crippen LogP contribution is 2.29. The molecule has 0 atom stereocenters. The minimum Gasteiger partial charge on any atom is -0.387 e. The molecule has 1 saturated heterocycles. The second kappa shape index (κ2) is 11.6. The zero-order chi connectivity index (χ0) is 28.4. The summed E-state index contributed by atoms with van der Waals surface area (Å²) in [5, 5.41) is 9.10. The maximum atomic E-state index is 13.3. The predicted octanol–water partition coefficient (Wildman–Crippen LogP) is 4.28. The number of aliphatic hydroxyl groups excluding tert-OH is 1. The van der Waals surface area contributed by atoms with Crippen LogP contribution in [0.5, 0.6) is 0 Å². The molecule has 0 aliphatic carbocycles. The van der Waals surface area contributed by atoms with Crippen molar-refractivity contribution in [3.05, 3.63) is 42.2 Å². The Balaban J connectivity index is 1.56. The number of amides is 1. The first-order valence-corrected chi connectivity index (χ1v) is 17.3. The minimum atomic E-state index is -1.20. The highest BCUT2D eigenvalue weighted by atomic mass is 28.3. The van der Waals surface area contributed by atoms with Gasteiger partial charge in [-0.05, 0) is 18.2 Å². The van der Waals surface area contributed by atoms with Crippen LogP contribution in [0.2, 0.25) is 25.7 Å². The van der Waals surface area contributed by atoms with Gasteiger partial charge in [-0.1, -0.05) is 52.5 Å². The van der Waals surface area contributed by atoms with E-state index in [0.29, 0.717) is 61.9 Å². The molecule has 0 spiro atoms. The maximum Gasteiger partial charge on any atom is 0.248 e. The van der Waals surface area contributed by atoms with Crippen molar-refractivity contribution in [3.8, 4) is 11.3 Å². The van der Waals surface area contributed by atoms with Crippen molar-refractivity contribution in [3.63, 3.8) is 0 Å². The first-order valence-electron chi connectivity index (χ1n) is 13.6. The van der Waals surface area contributed by atoms with Gasteiger partial charge in [0.15, 0.2) is 11.4 Å². The third-order valence-corrected chi connectivity index (χ3v) is 8.72. The van der Waals surface area contributed by atoms with Gasteiger partial charge in [0.05, 0.1) is 17.5 Å². The Morgan fingerprint density at radius 1 is 1.05 bits per heavy atom. The first-order chi connectivity index (χ1) is 18.4. The largest absolute Gasteiger partial charge is 0.387 e. The van der Waals surface area contributed by atoms with Crippen molar-refractivity contribution in [2.24, 2.45) is 5.41 Å². The van der Waals surface area contributed by atoms with Gasteiger partial charge in [-0.2, -0.15) is 0 Å². The number of anilines is 1. The molecule has 2 aromatic heterocycles. The van der Waals surface area contributed by atoms with Crippen molar-refractivity contribution in [2.45, 2.75) is 53.2 Å². The fourth-order valence-corrected chi connectivity index (χ4v) is 5.31. The fourth-order valence-electron chi connectivity index (χ4n) is 4.56. The molecule has 3 heterocycles. The van der Waals surface area contributed by atoms with E-state index in [1.165, 1.54) is 0 Å². The minimum absolute atomic E-state index is 0.0222. The molecule has 1 N–H and O–H groups in total. The maximum absolute atomic E-state index is 13.3. The molecule has 0 saturated carbocycles. The smallest absolute Gasteiger partial charge is 0.248 e. The number of ether oxygens (including phenoxy) is 1. The van der Waals surface area contributed by atoms with Crippen molar-refractivity contribution < 1.29 is 19.4 Å². The summed E-state index contributed by atoms with van der Waals surface area (Å²) in [6.45, 7) is 15.9. The molecule has 1 fully saturated rings. The van der Waals surface area contributed by atoms with Gasteiger partial charge < -0.3 is 24.2 Å². The number of fused-ring (bicyclic) bond motifs is 1. The predicted molar refractivity (Wildman–Crippen MR) is 157 cm³/mol. The van der Waals surface area contributed by atoms with Crippen LogP contribution in [-0.2, 0) is 16.3 Å². The van der Waals surface area contributed by atoms with Crippen LogP contribution in [0.1, 0.15) is 31.1 Å². The van der Waals surface area contributed by atoms with E-state index < -0.39 is 20.1 Å². The highest BCUT2D eigenvalue weighted by molar-refractivity contribution is 6.76. The van der Waals surface area contributed by atoms with Gasteiger partial charge in [0.2, 0.25) is 5.91 Å². The van der Waals surface area contributed by atoms with Gasteiger partial charge in [0.25, 0.3) is 0 Å². The Labute approximate surface area is 231 Å². The number of hydrogen-bond donors (Lipinski definition) is 1. The first kappa shape index (κ1) is 28.9. The number of ketones is 1. The molecule has 210 valence electrons. The van der Waals surface area contributed by atoms with Crippen LogP contribution in [0, 0.1) is 5.41 Å². The van der Waals surface area contributed by atoms with E-state index in [1.807, 2.05) is 55.8 Å². The van der Waals surface area contributed by atoms with Crippen LogP contribution < -0.4 is 4.90 Å². The molecule has 10 heteroatoms. The summed E-state index contributed by atoms with van der Waals surface area (Å²) in [5.74, 6) is -0.204. The van der Waals surface area contributed by atoms with Crippen LogP contribution in [-0.4, -0.2) is 83.7 Å². The van der Waals surface area contributed by atoms with Crippen LogP contribution in [0.25, 0.3) is 22.4 Å². The van der Waals surface area contributed by atoms with Gasteiger partial charge in [-0.3, -0.25) is 9.59 Å². The molecule has 3 aromatic rings. The van der Waals surface area contributed by atoms with Crippen molar-refractivity contribution >= 4 is 36.6 Å². The lowest BCUT2D eigenvalue weighted by Gasteiger charge is -2.35. The van der Waals surface area contributed by atoms with E-state index in [9.17, 15) is 9.59 Å². The molecular formula is C29H41N5O4Si. The number of Topliss-reactive ketones (excluding diaryl/α,β-unsaturated/α-hetero) is 1. The number of piperazine rings is 1. The van der Waals surface area contributed by atoms with E-state index in [2.05, 4.69) is 24.5 Å². The third-order valence-electron chi connectivity index (χ3n) is 7.01. The van der Waals surface area contributed by atoms with Gasteiger partial charge in [0, 0.05) is 63.7 Å². The number of hydrogen-bond acceptors (Lipinski definition) is 7. The molecular weight excluding hydrogens is 510 g/mol. The standard InChI is InChI=1S/C29H41N5O4Si/c1-29(2,3)27(37)23-18-34(20-38-15-16-39(4,5)6)28-26(23)31-24(17-30-28)21-7-9-22(10-8-21)32-11-13-33(14-12-32)25(36)19-35/h7-10,17-18,35H,11-16,19-20H2,1-6H3. The second-order valence-corrected chi connectivity index (χ2v) is 18.1. The van der Waals surface area contributed by atoms with Gasteiger partial charge in [0.1, 0.15) is 18.9 Å². The number of aromatic nitrogens is 3. The topological polar surface area (TPSA) is 101 Å². The van der Waals surface area contributed by atoms with Gasteiger partial charge in [-0.15, -0.1) is 0 Å². The molecule has 39 heavy (non-hydrogen) atoms. The summed E-state index contributed by atoms with van der Waals surface area (Å²) in [6, 6.07) is 9.19. The molecule has 1 aliphatic heterocycles. The van der Waals surface area contributed by atoms with E-state index in [-0.39, 0.29) is 11.7 Å². The number of carbonyl (C=O) groups excluding carboxylic acids is 2. The molecule has 4 rings (SSSR count). The average Bonchev–Trinajstić information content (AvgIpc) is 3.27. The van der Waals surface area contributed by atoms with Gasteiger partial charge in [-0.25, -0.2) is 9.97 Å². The lowest BCUT2D eigenvalue weighted by atomic mass is 9.87. The van der Waals surface area contributed by atoms with Gasteiger partial charge >= 0.3 is 0 Å². The monoisotopic (exact) mass is 551 g/mol. The molecule has 0 radical (unpaired) electrons.